The first-order chi connectivity index (χ1) is 8.69. The Balaban J connectivity index is 1.95. The first kappa shape index (κ1) is 13.4. The van der Waals surface area contributed by atoms with E-state index in [0.717, 1.165) is 26.2 Å². The molecule has 0 spiro atoms. The molecule has 0 amide bonds. The quantitative estimate of drug-likeness (QED) is 0.804. The maximum atomic E-state index is 2.48. The third-order valence-corrected chi connectivity index (χ3v) is 3.80. The molecule has 3 heteroatoms. The van der Waals surface area contributed by atoms with E-state index in [9.17, 15) is 0 Å². The van der Waals surface area contributed by atoms with Gasteiger partial charge in [-0.1, -0.05) is 19.1 Å². The van der Waals surface area contributed by atoms with Gasteiger partial charge >= 0.3 is 0 Å². The summed E-state index contributed by atoms with van der Waals surface area (Å²) in [7, 11) is 4.36. The Hall–Kier alpha value is -1.06. The molecule has 0 atom stereocenters. The van der Waals surface area contributed by atoms with Gasteiger partial charge in [0, 0.05) is 38.4 Å². The average molecular weight is 247 g/mol. The van der Waals surface area contributed by atoms with Crippen LogP contribution in [0.3, 0.4) is 0 Å². The number of piperazine rings is 1. The van der Waals surface area contributed by atoms with Gasteiger partial charge in [-0.2, -0.15) is 0 Å². The predicted molar refractivity (Wildman–Crippen MR) is 78.2 cm³/mol. The lowest BCUT2D eigenvalue weighted by Gasteiger charge is -2.34. The molecule has 1 aromatic rings. The van der Waals surface area contributed by atoms with Gasteiger partial charge in [-0.05, 0) is 38.3 Å². The minimum Gasteiger partial charge on any atom is -0.369 e. The van der Waals surface area contributed by atoms with Crippen molar-refractivity contribution in [2.24, 2.45) is 0 Å². The first-order valence-corrected chi connectivity index (χ1v) is 6.90. The molecule has 3 nitrogen and oxygen atoms in total. The lowest BCUT2D eigenvalue weighted by Crippen LogP contribution is -2.44. The highest BCUT2D eigenvalue weighted by atomic mass is 15.2. The Kier molecular flexibility index (Phi) is 4.61. The fraction of sp³-hybridized carbons (Fsp3) is 0.600. The lowest BCUT2D eigenvalue weighted by atomic mass is 10.1. The highest BCUT2D eigenvalue weighted by Crippen LogP contribution is 2.17. The van der Waals surface area contributed by atoms with Gasteiger partial charge < -0.3 is 14.7 Å². The Morgan fingerprint density at radius 3 is 2.22 bits per heavy atom. The van der Waals surface area contributed by atoms with Crippen LogP contribution in [0.4, 0.5) is 5.69 Å². The molecule has 1 aliphatic heterocycles. The maximum Gasteiger partial charge on any atom is 0.0367 e. The minimum atomic E-state index is 1.04. The molecule has 0 unspecified atom stereocenters. The number of rotatable bonds is 4. The second-order valence-corrected chi connectivity index (χ2v) is 5.29. The molecular formula is C15H25N3. The van der Waals surface area contributed by atoms with Crippen molar-refractivity contribution in [3.63, 3.8) is 0 Å². The molecule has 0 bridgehead atoms. The van der Waals surface area contributed by atoms with Gasteiger partial charge in [-0.15, -0.1) is 0 Å². The van der Waals surface area contributed by atoms with E-state index in [1.54, 1.807) is 0 Å². The zero-order chi connectivity index (χ0) is 13.0. The lowest BCUT2D eigenvalue weighted by molar-refractivity contribution is 0.313. The third kappa shape index (κ3) is 3.47. The molecule has 0 saturated carbocycles. The summed E-state index contributed by atoms with van der Waals surface area (Å²) in [4.78, 5) is 7.19. The molecule has 1 heterocycles. The zero-order valence-corrected chi connectivity index (χ0v) is 11.9. The average Bonchev–Trinajstić information content (AvgIpc) is 2.40. The molecule has 2 rings (SSSR count). The van der Waals surface area contributed by atoms with Crippen LogP contribution in [0.2, 0.25) is 0 Å². The normalized spacial score (nSPS) is 17.4. The summed E-state index contributed by atoms with van der Waals surface area (Å²) in [6.45, 7) is 8.95. The number of hydrogen-bond acceptors (Lipinski definition) is 3. The highest BCUT2D eigenvalue weighted by molar-refractivity contribution is 5.48. The van der Waals surface area contributed by atoms with Crippen LogP contribution in [0.1, 0.15) is 12.5 Å². The molecule has 0 N–H and O–H groups in total. The smallest absolute Gasteiger partial charge is 0.0367 e. The fourth-order valence-corrected chi connectivity index (χ4v) is 2.30. The van der Waals surface area contributed by atoms with Gasteiger partial charge in [0.05, 0.1) is 0 Å². The van der Waals surface area contributed by atoms with Gasteiger partial charge in [-0.3, -0.25) is 0 Å². The second-order valence-electron chi connectivity index (χ2n) is 5.29. The Labute approximate surface area is 111 Å². The summed E-state index contributed by atoms with van der Waals surface area (Å²) >= 11 is 0. The van der Waals surface area contributed by atoms with E-state index in [0.29, 0.717) is 0 Å². The van der Waals surface area contributed by atoms with Crippen molar-refractivity contribution < 1.29 is 0 Å². The van der Waals surface area contributed by atoms with Crippen molar-refractivity contribution in [3.8, 4) is 0 Å². The molecule has 100 valence electrons. The summed E-state index contributed by atoms with van der Waals surface area (Å²) in [5.41, 5.74) is 2.77. The van der Waals surface area contributed by atoms with Crippen LogP contribution in [0.25, 0.3) is 0 Å². The number of anilines is 1. The topological polar surface area (TPSA) is 9.72 Å². The number of nitrogens with zero attached hydrogens (tertiary/aromatic N) is 3. The Morgan fingerprint density at radius 2 is 1.67 bits per heavy atom. The molecule has 1 fully saturated rings. The van der Waals surface area contributed by atoms with Crippen LogP contribution in [0.5, 0.6) is 0 Å². The summed E-state index contributed by atoms with van der Waals surface area (Å²) in [6.07, 6.45) is 0. The summed E-state index contributed by atoms with van der Waals surface area (Å²) in [6, 6.07) is 9.06. The van der Waals surface area contributed by atoms with E-state index in [2.05, 4.69) is 60.0 Å². The van der Waals surface area contributed by atoms with Crippen LogP contribution >= 0.6 is 0 Å². The maximum absolute atomic E-state index is 2.48. The van der Waals surface area contributed by atoms with Gasteiger partial charge in [0.15, 0.2) is 0 Å². The standard InChI is InChI=1S/C15H25N3/c1-4-16(2)13-14-5-7-15(8-6-14)18-11-9-17(3)10-12-18/h5-8H,4,9-13H2,1-3H3. The Bertz CT molecular complexity index is 353. The van der Waals surface area contributed by atoms with Crippen LogP contribution in [-0.2, 0) is 6.54 Å². The van der Waals surface area contributed by atoms with Crippen molar-refractivity contribution >= 4 is 5.69 Å². The SMILES string of the molecule is CCN(C)Cc1ccc(N2CCN(C)CC2)cc1. The van der Waals surface area contributed by atoms with Gasteiger partial charge in [-0.25, -0.2) is 0 Å². The zero-order valence-electron chi connectivity index (χ0n) is 11.9. The van der Waals surface area contributed by atoms with Crippen molar-refractivity contribution in [1.82, 2.24) is 9.80 Å². The number of benzene rings is 1. The Morgan fingerprint density at radius 1 is 1.06 bits per heavy atom. The summed E-state index contributed by atoms with van der Waals surface area (Å²) < 4.78 is 0. The molecule has 1 aromatic carbocycles. The monoisotopic (exact) mass is 247 g/mol. The molecule has 1 aliphatic rings. The van der Waals surface area contributed by atoms with E-state index in [4.69, 9.17) is 0 Å². The van der Waals surface area contributed by atoms with E-state index in [-0.39, 0.29) is 0 Å². The van der Waals surface area contributed by atoms with Crippen LogP contribution < -0.4 is 4.90 Å². The molecule has 18 heavy (non-hydrogen) atoms. The second kappa shape index (κ2) is 6.21. The summed E-state index contributed by atoms with van der Waals surface area (Å²) in [5, 5.41) is 0. The van der Waals surface area contributed by atoms with E-state index in [1.165, 1.54) is 24.3 Å². The van der Waals surface area contributed by atoms with Gasteiger partial charge in [0.1, 0.15) is 0 Å². The predicted octanol–water partition coefficient (Wildman–Crippen LogP) is 1.89. The molecule has 0 aromatic heterocycles. The number of likely N-dealkylation sites (N-methyl/N-ethyl adjacent to an activating group) is 1. The van der Waals surface area contributed by atoms with Gasteiger partial charge in [0.25, 0.3) is 0 Å². The van der Waals surface area contributed by atoms with Crippen LogP contribution in [0, 0.1) is 0 Å². The highest BCUT2D eigenvalue weighted by Gasteiger charge is 2.13. The molecule has 0 radical (unpaired) electrons. The van der Waals surface area contributed by atoms with Crippen LogP contribution in [-0.4, -0.2) is 56.6 Å². The third-order valence-electron chi connectivity index (χ3n) is 3.80. The van der Waals surface area contributed by atoms with E-state index >= 15 is 0 Å². The first-order valence-electron chi connectivity index (χ1n) is 6.90. The van der Waals surface area contributed by atoms with Crippen molar-refractivity contribution in [2.45, 2.75) is 13.5 Å². The minimum absolute atomic E-state index is 1.04. The van der Waals surface area contributed by atoms with E-state index in [1.807, 2.05) is 0 Å². The van der Waals surface area contributed by atoms with Gasteiger partial charge in [0.2, 0.25) is 0 Å². The molecule has 0 aliphatic carbocycles. The summed E-state index contributed by atoms with van der Waals surface area (Å²) in [5.74, 6) is 0. The van der Waals surface area contributed by atoms with Crippen molar-refractivity contribution in [3.05, 3.63) is 29.8 Å². The molecular weight excluding hydrogens is 222 g/mol. The van der Waals surface area contributed by atoms with Crippen molar-refractivity contribution in [1.29, 1.82) is 0 Å². The molecule has 1 saturated heterocycles. The largest absolute Gasteiger partial charge is 0.369 e. The number of hydrogen-bond donors (Lipinski definition) is 0. The van der Waals surface area contributed by atoms with Crippen molar-refractivity contribution in [2.75, 3.05) is 51.7 Å². The van der Waals surface area contributed by atoms with Crippen LogP contribution in [0.15, 0.2) is 24.3 Å². The fourth-order valence-electron chi connectivity index (χ4n) is 2.30. The van der Waals surface area contributed by atoms with E-state index < -0.39 is 0 Å².